The highest BCUT2D eigenvalue weighted by Crippen LogP contribution is 2.39. The molecule has 2 rings (SSSR count). The van der Waals surface area contributed by atoms with Gasteiger partial charge in [-0.05, 0) is 45.8 Å². The van der Waals surface area contributed by atoms with Gasteiger partial charge in [0.15, 0.2) is 26.0 Å². The van der Waals surface area contributed by atoms with Crippen molar-refractivity contribution in [2.75, 3.05) is 13.7 Å². The fraction of sp³-hybridized carbons (Fsp3) is 0.952. The van der Waals surface area contributed by atoms with Gasteiger partial charge in [0.25, 0.3) is 0 Å². The van der Waals surface area contributed by atoms with Crippen LogP contribution in [-0.4, -0.2) is 64.0 Å². The Morgan fingerprint density at radius 1 is 1.03 bits per heavy atom. The van der Waals surface area contributed by atoms with E-state index in [0.29, 0.717) is 6.61 Å². The summed E-state index contributed by atoms with van der Waals surface area (Å²) < 4.78 is 36.0. The van der Waals surface area contributed by atoms with Gasteiger partial charge in [0, 0.05) is 5.92 Å². The summed E-state index contributed by atoms with van der Waals surface area (Å²) in [5.41, 5.74) is 0. The molecule has 0 aromatic carbocycles. The third kappa shape index (κ3) is 5.60. The number of ether oxygens (including phenoxy) is 5. The summed E-state index contributed by atoms with van der Waals surface area (Å²) in [5, 5.41) is 0. The van der Waals surface area contributed by atoms with Crippen LogP contribution in [0.15, 0.2) is 0 Å². The molecule has 0 spiro atoms. The van der Waals surface area contributed by atoms with Crippen LogP contribution in [0.1, 0.15) is 55.4 Å². The van der Waals surface area contributed by atoms with Crippen molar-refractivity contribution in [1.29, 1.82) is 0 Å². The molecule has 0 unspecified atom stereocenters. The first-order valence-corrected chi connectivity index (χ1v) is 13.4. The Morgan fingerprint density at radius 3 is 2.07 bits per heavy atom. The number of carbonyl (C=O) groups excluding carboxylic acids is 1. The minimum Gasteiger partial charge on any atom is -0.467 e. The van der Waals surface area contributed by atoms with Gasteiger partial charge in [0.05, 0.1) is 19.8 Å². The van der Waals surface area contributed by atoms with E-state index < -0.39 is 38.1 Å². The van der Waals surface area contributed by atoms with E-state index in [4.69, 9.17) is 28.1 Å². The molecule has 0 aromatic rings. The second kappa shape index (κ2) is 9.32. The predicted molar refractivity (Wildman–Crippen MR) is 112 cm³/mol. The second-order valence-corrected chi connectivity index (χ2v) is 13.8. The fourth-order valence-electron chi connectivity index (χ4n) is 4.35. The minimum absolute atomic E-state index is 0.153. The molecule has 2 aliphatic heterocycles. The van der Waals surface area contributed by atoms with Gasteiger partial charge < -0.3 is 28.1 Å². The third-order valence-electron chi connectivity index (χ3n) is 6.31. The lowest BCUT2D eigenvalue weighted by Crippen LogP contribution is -2.52. The molecule has 0 saturated carbocycles. The standard InChI is InChI=1S/C21H40O7Si/c1-10-29(11-2,12-3)28-16(15-13-24-20(5,6)25-15)14(4)17-18(19(22)23-9)27-21(7,8)26-17/h14-18H,10-13H2,1-9H3/t14-,15+,16-,17+,18-/m1/s1. The summed E-state index contributed by atoms with van der Waals surface area (Å²) >= 11 is 0. The number of esters is 1. The van der Waals surface area contributed by atoms with E-state index in [1.165, 1.54) is 7.11 Å². The van der Waals surface area contributed by atoms with Crippen LogP contribution in [0.4, 0.5) is 0 Å². The third-order valence-corrected chi connectivity index (χ3v) is 11.0. The summed E-state index contributed by atoms with van der Waals surface area (Å²) in [4.78, 5) is 12.4. The normalized spacial score (nSPS) is 30.9. The smallest absolute Gasteiger partial charge is 0.337 e. The summed E-state index contributed by atoms with van der Waals surface area (Å²) in [6.45, 7) is 16.5. The first-order chi connectivity index (χ1) is 13.4. The largest absolute Gasteiger partial charge is 0.467 e. The number of rotatable bonds is 9. The Morgan fingerprint density at radius 2 is 1.62 bits per heavy atom. The minimum atomic E-state index is -1.95. The lowest BCUT2D eigenvalue weighted by atomic mass is 9.91. The van der Waals surface area contributed by atoms with E-state index in [0.717, 1.165) is 18.1 Å². The van der Waals surface area contributed by atoms with Gasteiger partial charge in [-0.2, -0.15) is 0 Å². The van der Waals surface area contributed by atoms with Crippen LogP contribution in [0.5, 0.6) is 0 Å². The zero-order chi connectivity index (χ0) is 22.0. The predicted octanol–water partition coefficient (Wildman–Crippen LogP) is 3.86. The maximum Gasteiger partial charge on any atom is 0.337 e. The molecular weight excluding hydrogens is 392 g/mol. The molecule has 0 aromatic heterocycles. The van der Waals surface area contributed by atoms with Gasteiger partial charge in [-0.3, -0.25) is 0 Å². The van der Waals surface area contributed by atoms with Crippen LogP contribution in [0, 0.1) is 5.92 Å². The quantitative estimate of drug-likeness (QED) is 0.405. The highest BCUT2D eigenvalue weighted by molar-refractivity contribution is 6.73. The summed E-state index contributed by atoms with van der Waals surface area (Å²) in [6, 6.07) is 3.07. The summed E-state index contributed by atoms with van der Waals surface area (Å²) in [5.74, 6) is -2.11. The summed E-state index contributed by atoms with van der Waals surface area (Å²) in [7, 11) is -0.582. The van der Waals surface area contributed by atoms with Gasteiger partial charge in [-0.15, -0.1) is 0 Å². The van der Waals surface area contributed by atoms with E-state index in [1.54, 1.807) is 0 Å². The molecule has 29 heavy (non-hydrogen) atoms. The van der Waals surface area contributed by atoms with Gasteiger partial charge in [-0.1, -0.05) is 27.7 Å². The molecule has 2 heterocycles. The Balaban J connectivity index is 2.35. The van der Waals surface area contributed by atoms with Crippen molar-refractivity contribution in [2.24, 2.45) is 5.92 Å². The van der Waals surface area contributed by atoms with Crippen molar-refractivity contribution >= 4 is 14.3 Å². The molecule has 0 aliphatic carbocycles. The average molecular weight is 433 g/mol. The number of hydrogen-bond donors (Lipinski definition) is 0. The van der Waals surface area contributed by atoms with Crippen LogP contribution < -0.4 is 0 Å². The van der Waals surface area contributed by atoms with Crippen molar-refractivity contribution < 1.29 is 32.9 Å². The molecule has 170 valence electrons. The highest BCUT2D eigenvalue weighted by atomic mass is 28.4. The van der Waals surface area contributed by atoms with Crippen molar-refractivity contribution in [3.8, 4) is 0 Å². The van der Waals surface area contributed by atoms with Crippen LogP contribution in [-0.2, 0) is 32.9 Å². The number of carbonyl (C=O) groups is 1. The maximum absolute atomic E-state index is 12.4. The molecule has 2 saturated heterocycles. The van der Waals surface area contributed by atoms with Crippen molar-refractivity contribution in [2.45, 2.75) is 110 Å². The van der Waals surface area contributed by atoms with Crippen molar-refractivity contribution in [3.63, 3.8) is 0 Å². The number of hydrogen-bond acceptors (Lipinski definition) is 7. The van der Waals surface area contributed by atoms with Crippen molar-refractivity contribution in [1.82, 2.24) is 0 Å². The Hall–Kier alpha value is -0.513. The monoisotopic (exact) mass is 432 g/mol. The molecule has 2 aliphatic rings. The maximum atomic E-state index is 12.4. The SMILES string of the molecule is CC[Si](CC)(CC)O[C@H]([C@@H](C)[C@@H]1OC(C)(C)O[C@H]1C(=O)OC)[C@@H]1COC(C)(C)O1. The average Bonchev–Trinajstić information content (AvgIpc) is 3.20. The highest BCUT2D eigenvalue weighted by Gasteiger charge is 2.53. The zero-order valence-corrected chi connectivity index (χ0v) is 20.6. The van der Waals surface area contributed by atoms with E-state index in [-0.39, 0.29) is 18.1 Å². The molecule has 5 atom stereocenters. The Bertz CT molecular complexity index is 553. The topological polar surface area (TPSA) is 72.5 Å². The Labute approximate surface area is 176 Å². The Kier molecular flexibility index (Phi) is 7.96. The van der Waals surface area contributed by atoms with Gasteiger partial charge in [0.1, 0.15) is 12.2 Å². The van der Waals surface area contributed by atoms with Crippen LogP contribution in [0.25, 0.3) is 0 Å². The molecule has 0 amide bonds. The molecule has 2 fully saturated rings. The van der Waals surface area contributed by atoms with Crippen LogP contribution in [0.3, 0.4) is 0 Å². The molecular formula is C21H40O7Si. The van der Waals surface area contributed by atoms with E-state index in [1.807, 2.05) is 34.6 Å². The number of methoxy groups -OCH3 is 1. The van der Waals surface area contributed by atoms with Crippen molar-refractivity contribution in [3.05, 3.63) is 0 Å². The lowest BCUT2D eigenvalue weighted by Gasteiger charge is -2.40. The molecule has 8 heteroatoms. The van der Waals surface area contributed by atoms with Gasteiger partial charge in [-0.25, -0.2) is 4.79 Å². The van der Waals surface area contributed by atoms with E-state index >= 15 is 0 Å². The first-order valence-electron chi connectivity index (χ1n) is 10.9. The van der Waals surface area contributed by atoms with Crippen LogP contribution in [0.2, 0.25) is 18.1 Å². The van der Waals surface area contributed by atoms with Gasteiger partial charge in [0.2, 0.25) is 0 Å². The molecule has 0 bridgehead atoms. The molecule has 0 N–H and O–H groups in total. The first kappa shape index (κ1) is 24.8. The zero-order valence-electron chi connectivity index (χ0n) is 19.6. The molecule has 7 nitrogen and oxygen atoms in total. The van der Waals surface area contributed by atoms with Crippen LogP contribution >= 0.6 is 0 Å². The second-order valence-electron chi connectivity index (χ2n) is 9.10. The molecule has 0 radical (unpaired) electrons. The summed E-state index contributed by atoms with van der Waals surface area (Å²) in [6.07, 6.45) is -1.79. The van der Waals surface area contributed by atoms with E-state index in [2.05, 4.69) is 20.8 Å². The van der Waals surface area contributed by atoms with Gasteiger partial charge >= 0.3 is 5.97 Å². The van der Waals surface area contributed by atoms with E-state index in [9.17, 15) is 4.79 Å². The fourth-order valence-corrected chi connectivity index (χ4v) is 7.29. The lowest BCUT2D eigenvalue weighted by molar-refractivity contribution is -0.171.